The summed E-state index contributed by atoms with van der Waals surface area (Å²) in [7, 11) is -5.76. The number of likely N-dealkylation sites (N-methyl/N-ethyl adjacent to an activating group) is 1. The molecular weight excluding hydrogens is 373 g/mol. The first-order chi connectivity index (χ1) is 10.9. The molecule has 0 aromatic carbocycles. The van der Waals surface area contributed by atoms with Gasteiger partial charge >= 0.3 is 6.18 Å². The van der Waals surface area contributed by atoms with E-state index in [-0.39, 0.29) is 25.4 Å². The lowest BCUT2D eigenvalue weighted by Gasteiger charge is -2.21. The number of rotatable bonds is 5. The summed E-state index contributed by atoms with van der Waals surface area (Å²) in [6, 6.07) is 0. The second-order valence-corrected chi connectivity index (χ2v) is 9.48. The average Bonchev–Trinajstić information content (AvgIpc) is 2.98. The van der Waals surface area contributed by atoms with E-state index in [2.05, 4.69) is 5.10 Å². The zero-order chi connectivity index (χ0) is 18.3. The number of aryl methyl sites for hydroxylation is 1. The Bertz CT molecular complexity index is 817. The molecule has 0 bridgehead atoms. The van der Waals surface area contributed by atoms with E-state index in [1.54, 1.807) is 0 Å². The van der Waals surface area contributed by atoms with Crippen molar-refractivity contribution in [1.29, 1.82) is 0 Å². The van der Waals surface area contributed by atoms with Gasteiger partial charge < -0.3 is 0 Å². The Balaban J connectivity index is 2.22. The minimum absolute atomic E-state index is 0.00963. The Hall–Kier alpha value is -1.18. The second-order valence-electron chi connectivity index (χ2n) is 5.37. The van der Waals surface area contributed by atoms with Gasteiger partial charge in [-0.2, -0.15) is 22.6 Å². The molecule has 0 N–H and O–H groups in total. The predicted molar refractivity (Wildman–Crippen MR) is 78.0 cm³/mol. The van der Waals surface area contributed by atoms with Crippen molar-refractivity contribution in [2.45, 2.75) is 17.5 Å². The van der Waals surface area contributed by atoms with Gasteiger partial charge in [-0.1, -0.05) is 0 Å². The highest BCUT2D eigenvalue weighted by Crippen LogP contribution is 2.34. The molecule has 1 aromatic heterocycles. The number of sulfonamides is 2. The molecule has 13 heteroatoms. The summed E-state index contributed by atoms with van der Waals surface area (Å²) in [5.41, 5.74) is -1.37. The molecule has 1 aliphatic heterocycles. The van der Waals surface area contributed by atoms with Gasteiger partial charge in [-0.15, -0.1) is 0 Å². The molecule has 0 saturated carbocycles. The van der Waals surface area contributed by atoms with Crippen LogP contribution in [0.3, 0.4) is 0 Å². The van der Waals surface area contributed by atoms with Crippen molar-refractivity contribution in [2.75, 3.05) is 32.4 Å². The first-order valence-electron chi connectivity index (χ1n) is 6.91. The van der Waals surface area contributed by atoms with E-state index in [1.165, 1.54) is 0 Å². The zero-order valence-corrected chi connectivity index (χ0v) is 14.6. The number of hydrogen-bond donors (Lipinski definition) is 0. The molecule has 0 aliphatic carbocycles. The van der Waals surface area contributed by atoms with Crippen molar-refractivity contribution >= 4 is 20.0 Å². The van der Waals surface area contributed by atoms with E-state index in [0.717, 1.165) is 18.4 Å². The number of alkyl halides is 3. The lowest BCUT2D eigenvalue weighted by molar-refractivity contribution is -0.146. The number of nitrogens with zero attached hydrogens (tertiary/aromatic N) is 4. The van der Waals surface area contributed by atoms with Crippen LogP contribution in [0, 0.1) is 0 Å². The van der Waals surface area contributed by atoms with Crippen molar-refractivity contribution in [3.63, 3.8) is 0 Å². The van der Waals surface area contributed by atoms with E-state index in [1.807, 2.05) is 0 Å². The maximum Gasteiger partial charge on any atom is 0.434 e. The Morgan fingerprint density at radius 1 is 1.38 bits per heavy atom. The van der Waals surface area contributed by atoms with Gasteiger partial charge in [0.15, 0.2) is 5.69 Å². The first kappa shape index (κ1) is 19.1. The molecule has 8 nitrogen and oxygen atoms in total. The minimum atomic E-state index is -4.88. The summed E-state index contributed by atoms with van der Waals surface area (Å²) in [6.07, 6.45) is -3.80. The maximum absolute atomic E-state index is 13.0. The van der Waals surface area contributed by atoms with Crippen LogP contribution in [0.2, 0.25) is 0 Å². The van der Waals surface area contributed by atoms with E-state index in [9.17, 15) is 30.0 Å². The fourth-order valence-electron chi connectivity index (χ4n) is 2.41. The molecule has 1 aliphatic rings. The zero-order valence-electron chi connectivity index (χ0n) is 13.0. The smallest absolute Gasteiger partial charge is 0.262 e. The highest BCUT2D eigenvalue weighted by Gasteiger charge is 2.42. The van der Waals surface area contributed by atoms with Crippen molar-refractivity contribution in [1.82, 2.24) is 18.4 Å². The summed E-state index contributed by atoms with van der Waals surface area (Å²) < 4.78 is 89.5. The number of hydrogen-bond acceptors (Lipinski definition) is 5. The Morgan fingerprint density at radius 2 is 2.00 bits per heavy atom. The largest absolute Gasteiger partial charge is 0.434 e. The molecule has 1 fully saturated rings. The van der Waals surface area contributed by atoms with Crippen molar-refractivity contribution in [2.24, 2.45) is 7.05 Å². The Kier molecular flexibility index (Phi) is 5.01. The normalized spacial score (nSPS) is 19.2. The monoisotopic (exact) mass is 390 g/mol. The van der Waals surface area contributed by atoms with Crippen molar-refractivity contribution in [3.05, 3.63) is 11.9 Å². The standard InChI is InChI=1S/C11H17F3N4O4S2/c1-16(5-6-18-4-3-7-23(18,19)20)24(21,22)9-8-15-17(2)10(9)11(12,13)14/h8H,3-7H2,1-2H3. The number of halogens is 3. The van der Waals surface area contributed by atoms with Crippen LogP contribution in [0.15, 0.2) is 11.1 Å². The molecule has 0 spiro atoms. The lowest BCUT2D eigenvalue weighted by atomic mass is 10.4. The van der Waals surface area contributed by atoms with Gasteiger partial charge in [-0.05, 0) is 6.42 Å². The van der Waals surface area contributed by atoms with Crippen LogP contribution in [-0.2, 0) is 33.3 Å². The van der Waals surface area contributed by atoms with Crippen LogP contribution in [0.1, 0.15) is 12.1 Å². The fraction of sp³-hybridized carbons (Fsp3) is 0.727. The molecular formula is C11H17F3N4O4S2. The molecule has 0 radical (unpaired) electrons. The van der Waals surface area contributed by atoms with Crippen LogP contribution in [0.5, 0.6) is 0 Å². The summed E-state index contributed by atoms with van der Waals surface area (Å²) in [4.78, 5) is -0.954. The first-order valence-corrected chi connectivity index (χ1v) is 9.95. The van der Waals surface area contributed by atoms with Gasteiger partial charge in [-0.25, -0.2) is 21.1 Å². The maximum atomic E-state index is 13.0. The van der Waals surface area contributed by atoms with Crippen LogP contribution in [0.25, 0.3) is 0 Å². The van der Waals surface area contributed by atoms with Gasteiger partial charge in [0.1, 0.15) is 4.90 Å². The summed E-state index contributed by atoms with van der Waals surface area (Å²) in [5, 5.41) is 3.38. The third kappa shape index (κ3) is 3.58. The highest BCUT2D eigenvalue weighted by atomic mass is 32.2. The lowest BCUT2D eigenvalue weighted by Crippen LogP contribution is -2.37. The van der Waals surface area contributed by atoms with Crippen LogP contribution in [0.4, 0.5) is 13.2 Å². The molecule has 0 atom stereocenters. The van der Waals surface area contributed by atoms with E-state index >= 15 is 0 Å². The van der Waals surface area contributed by atoms with Gasteiger partial charge in [0.05, 0.1) is 11.9 Å². The summed E-state index contributed by atoms with van der Waals surface area (Å²) >= 11 is 0. The van der Waals surface area contributed by atoms with Gasteiger partial charge in [0, 0.05) is 33.7 Å². The fourth-order valence-corrected chi connectivity index (χ4v) is 5.26. The van der Waals surface area contributed by atoms with Crippen molar-refractivity contribution < 1.29 is 30.0 Å². The molecule has 0 unspecified atom stereocenters. The quantitative estimate of drug-likeness (QED) is 0.711. The molecule has 1 aromatic rings. The van der Waals surface area contributed by atoms with Gasteiger partial charge in [-0.3, -0.25) is 4.68 Å². The van der Waals surface area contributed by atoms with Gasteiger partial charge in [0.2, 0.25) is 20.0 Å². The minimum Gasteiger partial charge on any atom is -0.262 e. The van der Waals surface area contributed by atoms with Crippen LogP contribution < -0.4 is 0 Å². The number of aromatic nitrogens is 2. The topological polar surface area (TPSA) is 92.6 Å². The van der Waals surface area contributed by atoms with E-state index < -0.39 is 36.8 Å². The predicted octanol–water partition coefficient (Wildman–Crippen LogP) is 0.0949. The van der Waals surface area contributed by atoms with E-state index in [0.29, 0.717) is 21.6 Å². The second kappa shape index (κ2) is 6.28. The molecule has 24 heavy (non-hydrogen) atoms. The third-order valence-corrected chi connectivity index (χ3v) is 7.54. The third-order valence-electron chi connectivity index (χ3n) is 3.73. The van der Waals surface area contributed by atoms with Crippen LogP contribution >= 0.6 is 0 Å². The molecule has 2 heterocycles. The summed E-state index contributed by atoms with van der Waals surface area (Å²) in [5.74, 6) is -0.00963. The Labute approximate surface area is 137 Å². The molecule has 1 saturated heterocycles. The van der Waals surface area contributed by atoms with E-state index in [4.69, 9.17) is 0 Å². The van der Waals surface area contributed by atoms with Gasteiger partial charge in [0.25, 0.3) is 0 Å². The van der Waals surface area contributed by atoms with Crippen LogP contribution in [-0.4, -0.2) is 67.7 Å². The SMILES string of the molecule is CN(CCN1CCCS1(=O)=O)S(=O)(=O)c1cnn(C)c1C(F)(F)F. The highest BCUT2D eigenvalue weighted by molar-refractivity contribution is 7.89. The average molecular weight is 390 g/mol. The molecule has 0 amide bonds. The summed E-state index contributed by atoms with van der Waals surface area (Å²) in [6.45, 7) is -0.0929. The van der Waals surface area contributed by atoms with Crippen molar-refractivity contribution in [3.8, 4) is 0 Å². The molecule has 138 valence electrons. The molecule has 2 rings (SSSR count). The Morgan fingerprint density at radius 3 is 2.50 bits per heavy atom.